The molecule has 0 N–H and O–H groups in total. The van der Waals surface area contributed by atoms with E-state index in [0.717, 1.165) is 17.0 Å². The van der Waals surface area contributed by atoms with Gasteiger partial charge in [0.25, 0.3) is 5.91 Å². The van der Waals surface area contributed by atoms with E-state index in [0.29, 0.717) is 24.5 Å². The first-order valence-corrected chi connectivity index (χ1v) is 8.07. The van der Waals surface area contributed by atoms with Crippen LogP contribution >= 0.6 is 0 Å². The Balaban J connectivity index is 1.88. The summed E-state index contributed by atoms with van der Waals surface area (Å²) in [6.45, 7) is 6.52. The van der Waals surface area contributed by atoms with Gasteiger partial charge >= 0.3 is 0 Å². The molecule has 2 heterocycles. The maximum atomic E-state index is 12.9. The van der Waals surface area contributed by atoms with Gasteiger partial charge in [-0.2, -0.15) is 5.26 Å². The summed E-state index contributed by atoms with van der Waals surface area (Å²) in [5.41, 5.74) is 3.73. The van der Waals surface area contributed by atoms with E-state index in [1.54, 1.807) is 11.8 Å². The average molecular weight is 320 g/mol. The molecule has 1 fully saturated rings. The molecule has 0 saturated carbocycles. The number of carbonyl (C=O) groups excluding carboxylic acids is 1. The lowest BCUT2D eigenvalue weighted by Gasteiger charge is -2.17. The first-order chi connectivity index (χ1) is 11.5. The van der Waals surface area contributed by atoms with Crippen LogP contribution in [-0.4, -0.2) is 33.9 Å². The van der Waals surface area contributed by atoms with E-state index < -0.39 is 0 Å². The Morgan fingerprint density at radius 2 is 1.75 bits per heavy atom. The van der Waals surface area contributed by atoms with Crippen molar-refractivity contribution in [3.63, 3.8) is 0 Å². The molecule has 0 bridgehead atoms. The van der Waals surface area contributed by atoms with Gasteiger partial charge in [0.05, 0.1) is 29.1 Å². The van der Waals surface area contributed by atoms with Crippen molar-refractivity contribution >= 4 is 5.91 Å². The number of nitrogens with zero attached hydrogens (tertiary/aromatic N) is 4. The number of aromatic nitrogens is 2. The van der Waals surface area contributed by atoms with Crippen LogP contribution in [0.25, 0.3) is 0 Å². The Morgan fingerprint density at radius 3 is 2.42 bits per heavy atom. The minimum absolute atomic E-state index is 0.0416. The first kappa shape index (κ1) is 16.1. The van der Waals surface area contributed by atoms with Gasteiger partial charge in [0.1, 0.15) is 5.69 Å². The summed E-state index contributed by atoms with van der Waals surface area (Å²) in [6.07, 6.45) is 0. The van der Waals surface area contributed by atoms with Gasteiger partial charge in [-0.15, -0.1) is 0 Å². The lowest BCUT2D eigenvalue weighted by molar-refractivity contribution is 0.0781. The third kappa shape index (κ3) is 2.88. The first-order valence-electron chi connectivity index (χ1n) is 8.07. The predicted octanol–water partition coefficient (Wildman–Crippen LogP) is 2.78. The average Bonchev–Trinajstić information content (AvgIpc) is 3.02. The second-order valence-electron chi connectivity index (χ2n) is 6.29. The number of benzene rings is 1. The summed E-state index contributed by atoms with van der Waals surface area (Å²) in [6, 6.07) is 12.3. The molecule has 0 spiro atoms. The zero-order valence-corrected chi connectivity index (χ0v) is 14.2. The largest absolute Gasteiger partial charge is 0.335 e. The fourth-order valence-electron chi connectivity index (χ4n) is 3.21. The molecule has 1 aliphatic heterocycles. The zero-order valence-electron chi connectivity index (χ0n) is 14.2. The highest BCUT2D eigenvalue weighted by atomic mass is 16.2. The standard InChI is InChI=1S/C19H20N4O/c1-12-13(2)22-18(14(3)21-12)19(24)23-10-16(9-20)17(11-23)15-7-5-4-6-8-15/h4-8,16-17H,10-11H2,1-3H3/t16-,17+/m1/s1. The zero-order chi connectivity index (χ0) is 17.3. The van der Waals surface area contributed by atoms with Crippen molar-refractivity contribution in [1.82, 2.24) is 14.9 Å². The second-order valence-corrected chi connectivity index (χ2v) is 6.29. The summed E-state index contributed by atoms with van der Waals surface area (Å²) in [5.74, 6) is -0.294. The van der Waals surface area contributed by atoms with Crippen LogP contribution in [0.4, 0.5) is 0 Å². The van der Waals surface area contributed by atoms with Crippen molar-refractivity contribution in [2.24, 2.45) is 5.92 Å². The number of likely N-dealkylation sites (tertiary alicyclic amines) is 1. The van der Waals surface area contributed by atoms with Crippen LogP contribution < -0.4 is 0 Å². The van der Waals surface area contributed by atoms with E-state index in [1.807, 2.05) is 44.2 Å². The van der Waals surface area contributed by atoms with Crippen LogP contribution in [0.3, 0.4) is 0 Å². The number of hydrogen-bond acceptors (Lipinski definition) is 4. The molecule has 2 atom stereocenters. The summed E-state index contributed by atoms with van der Waals surface area (Å²) < 4.78 is 0. The van der Waals surface area contributed by atoms with Crippen LogP contribution in [0.5, 0.6) is 0 Å². The molecule has 1 aliphatic rings. The van der Waals surface area contributed by atoms with Crippen molar-refractivity contribution in [3.05, 3.63) is 58.7 Å². The fourth-order valence-corrected chi connectivity index (χ4v) is 3.21. The number of rotatable bonds is 2. The quantitative estimate of drug-likeness (QED) is 0.853. The van der Waals surface area contributed by atoms with E-state index in [1.165, 1.54) is 0 Å². The number of nitriles is 1. The van der Waals surface area contributed by atoms with Crippen molar-refractivity contribution in [3.8, 4) is 6.07 Å². The fraction of sp³-hybridized carbons (Fsp3) is 0.368. The molecular formula is C19H20N4O. The van der Waals surface area contributed by atoms with E-state index in [-0.39, 0.29) is 17.7 Å². The third-order valence-electron chi connectivity index (χ3n) is 4.68. The van der Waals surface area contributed by atoms with E-state index >= 15 is 0 Å². The Kier molecular flexibility index (Phi) is 4.30. The Bertz CT molecular complexity index is 810. The normalized spacial score (nSPS) is 20.0. The van der Waals surface area contributed by atoms with Crippen LogP contribution in [0.2, 0.25) is 0 Å². The Hall–Kier alpha value is -2.74. The molecule has 1 aromatic heterocycles. The molecule has 3 rings (SSSR count). The molecule has 5 nitrogen and oxygen atoms in total. The summed E-state index contributed by atoms with van der Waals surface area (Å²) in [5, 5.41) is 9.49. The van der Waals surface area contributed by atoms with Crippen molar-refractivity contribution in [2.45, 2.75) is 26.7 Å². The van der Waals surface area contributed by atoms with Gasteiger partial charge in [-0.1, -0.05) is 30.3 Å². The maximum absolute atomic E-state index is 12.9. The molecule has 1 amide bonds. The molecule has 5 heteroatoms. The maximum Gasteiger partial charge on any atom is 0.274 e. The van der Waals surface area contributed by atoms with E-state index in [4.69, 9.17) is 0 Å². The molecule has 122 valence electrons. The molecule has 24 heavy (non-hydrogen) atoms. The summed E-state index contributed by atoms with van der Waals surface area (Å²) >= 11 is 0. The lowest BCUT2D eigenvalue weighted by atomic mass is 9.90. The van der Waals surface area contributed by atoms with Crippen LogP contribution in [0, 0.1) is 38.0 Å². The highest BCUT2D eigenvalue weighted by molar-refractivity contribution is 5.93. The number of aryl methyl sites for hydroxylation is 3. The van der Waals surface area contributed by atoms with Gasteiger partial charge in [0.15, 0.2) is 0 Å². The smallest absolute Gasteiger partial charge is 0.274 e. The van der Waals surface area contributed by atoms with E-state index in [2.05, 4.69) is 16.0 Å². The third-order valence-corrected chi connectivity index (χ3v) is 4.68. The van der Waals surface area contributed by atoms with Crippen LogP contribution in [0.1, 0.15) is 39.1 Å². The van der Waals surface area contributed by atoms with Gasteiger partial charge in [-0.25, -0.2) is 4.98 Å². The molecular weight excluding hydrogens is 300 g/mol. The van der Waals surface area contributed by atoms with Crippen molar-refractivity contribution in [1.29, 1.82) is 5.26 Å². The van der Waals surface area contributed by atoms with Gasteiger partial charge < -0.3 is 4.90 Å². The molecule has 0 aliphatic carbocycles. The van der Waals surface area contributed by atoms with Gasteiger partial charge in [-0.3, -0.25) is 9.78 Å². The monoisotopic (exact) mass is 320 g/mol. The van der Waals surface area contributed by atoms with Gasteiger partial charge in [0, 0.05) is 19.0 Å². The van der Waals surface area contributed by atoms with E-state index in [9.17, 15) is 10.1 Å². The lowest BCUT2D eigenvalue weighted by Crippen LogP contribution is -2.31. The highest BCUT2D eigenvalue weighted by Crippen LogP contribution is 2.33. The minimum Gasteiger partial charge on any atom is -0.335 e. The SMILES string of the molecule is Cc1nc(C)c(C(=O)N2C[C@@H](C#N)[C@H](c3ccccc3)C2)nc1C. The highest BCUT2D eigenvalue weighted by Gasteiger charge is 2.37. The van der Waals surface area contributed by atoms with Crippen LogP contribution in [0.15, 0.2) is 30.3 Å². The molecule has 0 unspecified atom stereocenters. The van der Waals surface area contributed by atoms with Crippen molar-refractivity contribution in [2.75, 3.05) is 13.1 Å². The Morgan fingerprint density at radius 1 is 1.08 bits per heavy atom. The molecule has 0 radical (unpaired) electrons. The molecule has 2 aromatic rings. The topological polar surface area (TPSA) is 69.9 Å². The van der Waals surface area contributed by atoms with Crippen molar-refractivity contribution < 1.29 is 4.79 Å². The van der Waals surface area contributed by atoms with Gasteiger partial charge in [0.2, 0.25) is 0 Å². The number of hydrogen-bond donors (Lipinski definition) is 0. The Labute approximate surface area is 142 Å². The predicted molar refractivity (Wildman–Crippen MR) is 90.4 cm³/mol. The number of carbonyl (C=O) groups is 1. The minimum atomic E-state index is -0.198. The second kappa shape index (κ2) is 6.40. The summed E-state index contributed by atoms with van der Waals surface area (Å²) in [4.78, 5) is 23.5. The molecule has 1 saturated heterocycles. The molecule has 1 aromatic carbocycles. The van der Waals surface area contributed by atoms with Crippen LogP contribution in [-0.2, 0) is 0 Å². The number of amides is 1. The summed E-state index contributed by atoms with van der Waals surface area (Å²) in [7, 11) is 0. The van der Waals surface area contributed by atoms with Gasteiger partial charge in [-0.05, 0) is 26.3 Å².